The highest BCUT2D eigenvalue weighted by molar-refractivity contribution is 5.26. The van der Waals surface area contributed by atoms with Gasteiger partial charge in [-0.1, -0.05) is 30.3 Å². The first-order valence-corrected chi connectivity index (χ1v) is 9.81. The van der Waals surface area contributed by atoms with E-state index >= 15 is 0 Å². The number of nitrogens with one attached hydrogen (secondary N) is 1. The van der Waals surface area contributed by atoms with Crippen LogP contribution in [0, 0.1) is 13.8 Å². The van der Waals surface area contributed by atoms with Gasteiger partial charge in [-0.15, -0.1) is 0 Å². The van der Waals surface area contributed by atoms with Crippen LogP contribution in [0.2, 0.25) is 0 Å². The normalized spacial score (nSPS) is 16.3. The summed E-state index contributed by atoms with van der Waals surface area (Å²) in [5.41, 5.74) is 5.54. The van der Waals surface area contributed by atoms with Crippen LogP contribution in [0.15, 0.2) is 36.4 Å². The largest absolute Gasteiger partial charge is 0.383 e. The average molecular weight is 356 g/mol. The molecule has 0 unspecified atom stereocenters. The van der Waals surface area contributed by atoms with Crippen LogP contribution in [0.1, 0.15) is 35.4 Å². The first-order chi connectivity index (χ1) is 12.7. The van der Waals surface area contributed by atoms with Crippen molar-refractivity contribution in [2.75, 3.05) is 26.8 Å². The van der Waals surface area contributed by atoms with Gasteiger partial charge in [-0.05, 0) is 57.0 Å². The summed E-state index contributed by atoms with van der Waals surface area (Å²) in [6.07, 6.45) is 2.46. The molecule has 0 atom stereocenters. The summed E-state index contributed by atoms with van der Waals surface area (Å²) in [6.45, 7) is 10.5. The molecule has 4 heteroatoms. The van der Waals surface area contributed by atoms with Gasteiger partial charge in [0.25, 0.3) is 0 Å². The predicted octanol–water partition coefficient (Wildman–Crippen LogP) is 3.51. The highest BCUT2D eigenvalue weighted by atomic mass is 16.5. The second-order valence-corrected chi connectivity index (χ2v) is 7.46. The number of rotatable bonds is 8. The van der Waals surface area contributed by atoms with Crippen LogP contribution in [0.25, 0.3) is 0 Å². The number of benzene rings is 1. The van der Waals surface area contributed by atoms with Crippen LogP contribution in [-0.2, 0) is 24.4 Å². The summed E-state index contributed by atoms with van der Waals surface area (Å²) in [5, 5.41) is 3.79. The van der Waals surface area contributed by atoms with Crippen LogP contribution < -0.4 is 5.32 Å². The fourth-order valence-corrected chi connectivity index (χ4v) is 3.97. The zero-order valence-corrected chi connectivity index (χ0v) is 16.5. The van der Waals surface area contributed by atoms with Gasteiger partial charge in [0.1, 0.15) is 0 Å². The van der Waals surface area contributed by atoms with Crippen LogP contribution in [0.3, 0.4) is 0 Å². The van der Waals surface area contributed by atoms with Gasteiger partial charge in [0.05, 0.1) is 6.61 Å². The number of ether oxygens (including phenoxy) is 1. The molecule has 142 valence electrons. The Kier molecular flexibility index (Phi) is 6.89. The second kappa shape index (κ2) is 9.36. The van der Waals surface area contributed by atoms with E-state index in [1.807, 2.05) is 0 Å². The minimum absolute atomic E-state index is 0.629. The van der Waals surface area contributed by atoms with Gasteiger partial charge in [-0.3, -0.25) is 4.90 Å². The van der Waals surface area contributed by atoms with Crippen molar-refractivity contribution in [1.29, 1.82) is 0 Å². The second-order valence-electron chi connectivity index (χ2n) is 7.46. The number of hydrogen-bond donors (Lipinski definition) is 1. The maximum atomic E-state index is 5.23. The minimum Gasteiger partial charge on any atom is -0.383 e. The third kappa shape index (κ3) is 4.97. The maximum Gasteiger partial charge on any atom is 0.0641 e. The van der Waals surface area contributed by atoms with Crippen molar-refractivity contribution < 1.29 is 4.74 Å². The summed E-state index contributed by atoms with van der Waals surface area (Å²) >= 11 is 0. The SMILES string of the molecule is COCCn1c(C)cc(CNC2CCN(Cc3ccccc3)CC2)c1C. The fraction of sp³-hybridized carbons (Fsp3) is 0.545. The predicted molar refractivity (Wildman–Crippen MR) is 107 cm³/mol. The van der Waals surface area contributed by atoms with Crippen molar-refractivity contribution in [3.8, 4) is 0 Å². The van der Waals surface area contributed by atoms with E-state index in [2.05, 4.69) is 65.0 Å². The van der Waals surface area contributed by atoms with E-state index in [9.17, 15) is 0 Å². The molecule has 0 saturated carbocycles. The van der Waals surface area contributed by atoms with Gasteiger partial charge in [-0.25, -0.2) is 0 Å². The number of nitrogens with zero attached hydrogens (tertiary/aromatic N) is 2. The molecule has 1 aliphatic rings. The van der Waals surface area contributed by atoms with Crippen LogP contribution in [0.5, 0.6) is 0 Å². The summed E-state index contributed by atoms with van der Waals surface area (Å²) in [4.78, 5) is 2.57. The van der Waals surface area contributed by atoms with Gasteiger partial charge >= 0.3 is 0 Å². The Morgan fingerprint density at radius 2 is 1.85 bits per heavy atom. The molecule has 2 aromatic rings. The van der Waals surface area contributed by atoms with Gasteiger partial charge < -0.3 is 14.6 Å². The zero-order chi connectivity index (χ0) is 18.4. The van der Waals surface area contributed by atoms with E-state index in [1.54, 1.807) is 7.11 Å². The Hall–Kier alpha value is -1.62. The van der Waals surface area contributed by atoms with E-state index < -0.39 is 0 Å². The van der Waals surface area contributed by atoms with E-state index in [0.717, 1.165) is 26.2 Å². The topological polar surface area (TPSA) is 29.4 Å². The third-order valence-electron chi connectivity index (χ3n) is 5.62. The molecule has 0 radical (unpaired) electrons. The highest BCUT2D eigenvalue weighted by Crippen LogP contribution is 2.17. The molecular formula is C22H33N3O. The number of hydrogen-bond acceptors (Lipinski definition) is 3. The summed E-state index contributed by atoms with van der Waals surface area (Å²) < 4.78 is 7.60. The molecule has 1 saturated heterocycles. The van der Waals surface area contributed by atoms with E-state index in [1.165, 1.54) is 48.4 Å². The highest BCUT2D eigenvalue weighted by Gasteiger charge is 2.19. The van der Waals surface area contributed by atoms with Gasteiger partial charge in [-0.2, -0.15) is 0 Å². The van der Waals surface area contributed by atoms with E-state index in [-0.39, 0.29) is 0 Å². The lowest BCUT2D eigenvalue weighted by Crippen LogP contribution is -2.41. The van der Waals surface area contributed by atoms with Crippen LogP contribution in [-0.4, -0.2) is 42.3 Å². The van der Waals surface area contributed by atoms with Crippen LogP contribution >= 0.6 is 0 Å². The standard InChI is InChI=1S/C22H33N3O/c1-18-15-21(19(2)25(18)13-14-26-3)16-23-22-9-11-24(12-10-22)17-20-7-5-4-6-8-20/h4-8,15,22-23H,9-14,16-17H2,1-3H3. The molecule has 3 rings (SSSR count). The number of aryl methyl sites for hydroxylation is 1. The number of methoxy groups -OCH3 is 1. The van der Waals surface area contributed by atoms with Gasteiger partial charge in [0.15, 0.2) is 0 Å². The molecule has 26 heavy (non-hydrogen) atoms. The number of piperidine rings is 1. The smallest absolute Gasteiger partial charge is 0.0641 e. The van der Waals surface area contributed by atoms with Crippen molar-refractivity contribution in [3.63, 3.8) is 0 Å². The summed E-state index contributed by atoms with van der Waals surface area (Å²) in [5.74, 6) is 0. The monoisotopic (exact) mass is 355 g/mol. The van der Waals surface area contributed by atoms with Gasteiger partial charge in [0.2, 0.25) is 0 Å². The van der Waals surface area contributed by atoms with Crippen molar-refractivity contribution in [1.82, 2.24) is 14.8 Å². The van der Waals surface area contributed by atoms with Crippen LogP contribution in [0.4, 0.5) is 0 Å². The lowest BCUT2D eigenvalue weighted by Gasteiger charge is -2.32. The molecular weight excluding hydrogens is 322 g/mol. The Morgan fingerprint density at radius 1 is 1.12 bits per heavy atom. The summed E-state index contributed by atoms with van der Waals surface area (Å²) in [7, 11) is 1.76. The molecule has 1 aromatic carbocycles. The molecule has 0 aliphatic carbocycles. The molecule has 2 heterocycles. The lowest BCUT2D eigenvalue weighted by molar-refractivity contribution is 0.186. The molecule has 1 aromatic heterocycles. The molecule has 1 aliphatic heterocycles. The molecule has 1 fully saturated rings. The van der Waals surface area contributed by atoms with Gasteiger partial charge in [0, 0.05) is 44.2 Å². The third-order valence-corrected chi connectivity index (χ3v) is 5.62. The lowest BCUT2D eigenvalue weighted by atomic mass is 10.0. The molecule has 4 nitrogen and oxygen atoms in total. The first kappa shape index (κ1) is 19.2. The molecule has 0 spiro atoms. The van der Waals surface area contributed by atoms with Crippen molar-refractivity contribution in [2.24, 2.45) is 0 Å². The maximum absolute atomic E-state index is 5.23. The number of likely N-dealkylation sites (tertiary alicyclic amines) is 1. The number of aromatic nitrogens is 1. The molecule has 1 N–H and O–H groups in total. The van der Waals surface area contributed by atoms with Crippen molar-refractivity contribution >= 4 is 0 Å². The Balaban J connectivity index is 1.45. The Labute approximate surface area is 158 Å². The van der Waals surface area contributed by atoms with E-state index in [0.29, 0.717) is 6.04 Å². The molecule has 0 bridgehead atoms. The summed E-state index contributed by atoms with van der Waals surface area (Å²) in [6, 6.07) is 13.8. The first-order valence-electron chi connectivity index (χ1n) is 9.81. The van der Waals surface area contributed by atoms with E-state index in [4.69, 9.17) is 4.74 Å². The fourth-order valence-electron chi connectivity index (χ4n) is 3.97. The Morgan fingerprint density at radius 3 is 2.54 bits per heavy atom. The average Bonchev–Trinajstić information content (AvgIpc) is 2.93. The molecule has 0 amide bonds. The van der Waals surface area contributed by atoms with Crippen molar-refractivity contribution in [3.05, 3.63) is 58.9 Å². The van der Waals surface area contributed by atoms with Crippen molar-refractivity contribution in [2.45, 2.75) is 52.4 Å². The minimum atomic E-state index is 0.629. The quantitative estimate of drug-likeness (QED) is 0.786. The zero-order valence-electron chi connectivity index (χ0n) is 16.5. The Bertz CT molecular complexity index is 672.